The lowest BCUT2D eigenvalue weighted by Crippen LogP contribution is -2.29. The first-order chi connectivity index (χ1) is 15.3. The summed E-state index contributed by atoms with van der Waals surface area (Å²) in [7, 11) is 1.26. The average molecular weight is 449 g/mol. The van der Waals surface area contributed by atoms with Gasteiger partial charge in [0.05, 0.1) is 24.4 Å². The minimum atomic E-state index is -0.896. The highest BCUT2D eigenvalue weighted by Gasteiger charge is 2.48. The van der Waals surface area contributed by atoms with Gasteiger partial charge < -0.3 is 9.84 Å². The van der Waals surface area contributed by atoms with Crippen LogP contribution < -0.4 is 4.90 Å². The van der Waals surface area contributed by atoms with Crippen LogP contribution in [0.4, 0.5) is 5.13 Å². The number of rotatable bonds is 4. The number of esters is 1. The first-order valence-corrected chi connectivity index (χ1v) is 10.6. The van der Waals surface area contributed by atoms with Gasteiger partial charge in [-0.25, -0.2) is 9.78 Å². The van der Waals surface area contributed by atoms with Crippen molar-refractivity contribution in [1.29, 1.82) is 0 Å². The van der Waals surface area contributed by atoms with Gasteiger partial charge in [0, 0.05) is 5.56 Å². The molecule has 1 aliphatic rings. The molecule has 1 amide bonds. The number of anilines is 1. The largest absolute Gasteiger partial charge is 0.507 e. The second-order valence-electron chi connectivity index (χ2n) is 7.35. The number of methoxy groups -OCH3 is 1. The molecule has 0 unspecified atom stereocenters. The maximum absolute atomic E-state index is 13.1. The summed E-state index contributed by atoms with van der Waals surface area (Å²) in [5.74, 6) is -2.47. The van der Waals surface area contributed by atoms with E-state index in [4.69, 9.17) is 4.74 Å². The molecule has 2 heterocycles. The summed E-state index contributed by atoms with van der Waals surface area (Å²) in [5, 5.41) is 11.2. The van der Waals surface area contributed by atoms with E-state index in [1.807, 2.05) is 19.1 Å². The van der Waals surface area contributed by atoms with E-state index in [1.54, 1.807) is 49.4 Å². The molecule has 1 saturated heterocycles. The number of ether oxygens (including phenoxy) is 1. The van der Waals surface area contributed by atoms with Gasteiger partial charge in [0.25, 0.3) is 5.78 Å². The summed E-state index contributed by atoms with van der Waals surface area (Å²) in [4.78, 5) is 44.2. The van der Waals surface area contributed by atoms with Crippen LogP contribution in [0.1, 0.15) is 38.1 Å². The Kier molecular flexibility index (Phi) is 5.63. The second-order valence-corrected chi connectivity index (χ2v) is 8.33. The maximum Gasteiger partial charge on any atom is 0.350 e. The van der Waals surface area contributed by atoms with Crippen LogP contribution in [0.15, 0.2) is 60.2 Å². The number of aliphatic hydroxyl groups excluding tert-OH is 1. The predicted octanol–water partition coefficient (Wildman–Crippen LogP) is 4.17. The van der Waals surface area contributed by atoms with Gasteiger partial charge in [-0.1, -0.05) is 71.5 Å². The maximum atomic E-state index is 13.1. The van der Waals surface area contributed by atoms with Crippen molar-refractivity contribution in [3.8, 4) is 0 Å². The van der Waals surface area contributed by atoms with Gasteiger partial charge in [0.2, 0.25) is 0 Å². The monoisotopic (exact) mass is 448 g/mol. The van der Waals surface area contributed by atoms with E-state index in [-0.39, 0.29) is 21.3 Å². The first-order valence-electron chi connectivity index (χ1n) is 9.82. The third-order valence-electron chi connectivity index (χ3n) is 5.25. The van der Waals surface area contributed by atoms with E-state index in [2.05, 4.69) is 4.98 Å². The van der Waals surface area contributed by atoms with Crippen LogP contribution >= 0.6 is 11.3 Å². The Morgan fingerprint density at radius 1 is 1.06 bits per heavy atom. The van der Waals surface area contributed by atoms with Crippen LogP contribution in [0.3, 0.4) is 0 Å². The van der Waals surface area contributed by atoms with Crippen molar-refractivity contribution in [2.24, 2.45) is 0 Å². The van der Waals surface area contributed by atoms with Gasteiger partial charge in [-0.2, -0.15) is 0 Å². The average Bonchev–Trinajstić information content (AvgIpc) is 3.31. The van der Waals surface area contributed by atoms with E-state index >= 15 is 0 Å². The van der Waals surface area contributed by atoms with Crippen molar-refractivity contribution in [3.05, 3.63) is 87.4 Å². The molecular weight excluding hydrogens is 428 g/mol. The minimum absolute atomic E-state index is 0.0301. The molecule has 1 N–H and O–H groups in total. The van der Waals surface area contributed by atoms with Crippen molar-refractivity contribution in [2.45, 2.75) is 19.9 Å². The molecule has 162 valence electrons. The fourth-order valence-corrected chi connectivity index (χ4v) is 4.62. The van der Waals surface area contributed by atoms with Gasteiger partial charge in [0.1, 0.15) is 10.6 Å². The highest BCUT2D eigenvalue weighted by atomic mass is 32.1. The number of Topliss-reactive ketones (excluding diaryl/α,β-unsaturated/α-hetero) is 1. The molecule has 0 saturated carbocycles. The van der Waals surface area contributed by atoms with E-state index < -0.39 is 23.7 Å². The van der Waals surface area contributed by atoms with Crippen molar-refractivity contribution in [1.82, 2.24) is 4.98 Å². The smallest absolute Gasteiger partial charge is 0.350 e. The number of hydrogen-bond donors (Lipinski definition) is 1. The molecular formula is C24H20N2O5S. The second kappa shape index (κ2) is 8.39. The number of thiazole rings is 1. The fourth-order valence-electron chi connectivity index (χ4n) is 3.61. The fraction of sp³-hybridized carbons (Fsp3) is 0.167. The number of carbonyl (C=O) groups excluding carboxylic acids is 3. The Bertz CT molecular complexity index is 1250. The van der Waals surface area contributed by atoms with Gasteiger partial charge in [-0.05, 0) is 19.4 Å². The standard InChI is InChI=1S/C24H20N2O5S/c1-13-9-11-15(12-10-13)18-17(19(27)16-7-5-4-6-8-16)20(28)22(29)26(18)24-25-14(2)21(32-24)23(30)31-3/h4-12,18,27H,1-3H3/t18-/m1/s1. The molecule has 0 radical (unpaired) electrons. The Morgan fingerprint density at radius 2 is 1.72 bits per heavy atom. The quantitative estimate of drug-likeness (QED) is 0.278. The summed E-state index contributed by atoms with van der Waals surface area (Å²) in [5.41, 5.74) is 2.43. The van der Waals surface area contributed by atoms with Crippen molar-refractivity contribution >= 4 is 39.9 Å². The molecule has 1 atom stereocenters. The van der Waals surface area contributed by atoms with Crippen molar-refractivity contribution in [2.75, 3.05) is 12.0 Å². The molecule has 0 aliphatic carbocycles. The number of aryl methyl sites for hydroxylation is 2. The van der Waals surface area contributed by atoms with Gasteiger partial charge in [-0.3, -0.25) is 14.5 Å². The SMILES string of the molecule is COC(=O)c1sc(N2C(=O)C(=O)C(=C(O)c3ccccc3)[C@H]2c2ccc(C)cc2)nc1C. The molecule has 0 spiro atoms. The lowest BCUT2D eigenvalue weighted by Gasteiger charge is -2.23. The zero-order chi connectivity index (χ0) is 23.0. The number of aromatic nitrogens is 1. The molecule has 32 heavy (non-hydrogen) atoms. The zero-order valence-electron chi connectivity index (χ0n) is 17.7. The summed E-state index contributed by atoms with van der Waals surface area (Å²) < 4.78 is 4.79. The summed E-state index contributed by atoms with van der Waals surface area (Å²) in [6.07, 6.45) is 0. The molecule has 7 nitrogen and oxygen atoms in total. The number of carbonyl (C=O) groups is 3. The van der Waals surface area contributed by atoms with Gasteiger partial charge >= 0.3 is 11.9 Å². The van der Waals surface area contributed by atoms with Gasteiger partial charge in [0.15, 0.2) is 5.13 Å². The molecule has 1 aliphatic heterocycles. The van der Waals surface area contributed by atoms with Crippen LogP contribution in [0, 0.1) is 13.8 Å². The summed E-state index contributed by atoms with van der Waals surface area (Å²) in [6.45, 7) is 3.56. The topological polar surface area (TPSA) is 96.8 Å². The van der Waals surface area contributed by atoms with E-state index in [9.17, 15) is 19.5 Å². The Hall–Kier alpha value is -3.78. The van der Waals surface area contributed by atoms with Crippen LogP contribution in [0.5, 0.6) is 0 Å². The lowest BCUT2D eigenvalue weighted by atomic mass is 9.95. The van der Waals surface area contributed by atoms with Crippen molar-refractivity contribution < 1.29 is 24.2 Å². The number of ketones is 1. The van der Waals surface area contributed by atoms with E-state index in [0.29, 0.717) is 16.8 Å². The van der Waals surface area contributed by atoms with Crippen LogP contribution in [-0.2, 0) is 14.3 Å². The number of nitrogens with zero attached hydrogens (tertiary/aromatic N) is 2. The van der Waals surface area contributed by atoms with Crippen LogP contribution in [-0.4, -0.2) is 34.9 Å². The molecule has 1 aromatic heterocycles. The molecule has 4 rings (SSSR count). The molecule has 3 aromatic rings. The third kappa shape index (κ3) is 3.58. The number of aliphatic hydroxyl groups is 1. The minimum Gasteiger partial charge on any atom is -0.507 e. The van der Waals surface area contributed by atoms with Crippen LogP contribution in [0.2, 0.25) is 0 Å². The Balaban J connectivity index is 1.93. The third-order valence-corrected chi connectivity index (χ3v) is 6.38. The zero-order valence-corrected chi connectivity index (χ0v) is 18.5. The molecule has 0 bridgehead atoms. The number of amides is 1. The Morgan fingerprint density at radius 3 is 2.34 bits per heavy atom. The highest BCUT2D eigenvalue weighted by molar-refractivity contribution is 7.17. The van der Waals surface area contributed by atoms with Crippen molar-refractivity contribution in [3.63, 3.8) is 0 Å². The van der Waals surface area contributed by atoms with Gasteiger partial charge in [-0.15, -0.1) is 0 Å². The van der Waals surface area contributed by atoms with E-state index in [0.717, 1.165) is 16.9 Å². The Labute approximate surface area is 188 Å². The molecule has 2 aromatic carbocycles. The molecule has 1 fully saturated rings. The number of benzene rings is 2. The molecule has 8 heteroatoms. The highest BCUT2D eigenvalue weighted by Crippen LogP contribution is 2.43. The summed E-state index contributed by atoms with van der Waals surface area (Å²) in [6, 6.07) is 15.0. The predicted molar refractivity (Wildman–Crippen MR) is 121 cm³/mol. The van der Waals surface area contributed by atoms with E-state index in [1.165, 1.54) is 12.0 Å². The first kappa shape index (κ1) is 21.5. The lowest BCUT2D eigenvalue weighted by molar-refractivity contribution is -0.132. The van der Waals surface area contributed by atoms with Crippen LogP contribution in [0.25, 0.3) is 5.76 Å². The summed E-state index contributed by atoms with van der Waals surface area (Å²) >= 11 is 0.969. The number of hydrogen-bond acceptors (Lipinski definition) is 7. The normalized spacial score (nSPS) is 17.6.